The second-order valence-electron chi connectivity index (χ2n) is 6.37. The third kappa shape index (κ3) is 9.15. The number of carbonyl (C=O) groups excluding carboxylic acids is 1. The Bertz CT molecular complexity index is 904. The molecule has 0 aliphatic rings. The third-order valence-electron chi connectivity index (χ3n) is 3.81. The number of rotatable bonds is 3. The summed E-state index contributed by atoms with van der Waals surface area (Å²) in [5.74, 6) is -1.86. The number of hydrogen-bond acceptors (Lipinski definition) is 3. The van der Waals surface area contributed by atoms with E-state index in [1.54, 1.807) is 24.3 Å². The second kappa shape index (κ2) is 11.9. The van der Waals surface area contributed by atoms with E-state index in [4.69, 9.17) is 10.2 Å². The first kappa shape index (κ1) is 23.3. The summed E-state index contributed by atoms with van der Waals surface area (Å²) in [5.41, 5.74) is 4.74. The summed E-state index contributed by atoms with van der Waals surface area (Å²) in [6.07, 6.45) is 0.672. The second-order valence-corrected chi connectivity index (χ2v) is 6.37. The van der Waals surface area contributed by atoms with Crippen LogP contribution in [0.15, 0.2) is 72.8 Å². The summed E-state index contributed by atoms with van der Waals surface area (Å²) in [5, 5.41) is 16.9. The maximum absolute atomic E-state index is 10.3. The molecule has 0 unspecified atom stereocenters. The zero-order valence-electron chi connectivity index (χ0n) is 16.6. The highest BCUT2D eigenvalue weighted by Crippen LogP contribution is 2.02. The van der Waals surface area contributed by atoms with E-state index >= 15 is 0 Å². The molecule has 0 aliphatic carbocycles. The van der Waals surface area contributed by atoms with Crippen LogP contribution in [0.25, 0.3) is 0 Å². The molecule has 3 aromatic rings. The van der Waals surface area contributed by atoms with Crippen molar-refractivity contribution in [2.45, 2.75) is 20.8 Å². The van der Waals surface area contributed by atoms with Crippen LogP contribution in [-0.2, 0) is 0 Å². The maximum atomic E-state index is 10.3. The number of carbonyl (C=O) groups is 3. The number of aromatic carboxylic acids is 2. The van der Waals surface area contributed by atoms with Gasteiger partial charge in [-0.25, -0.2) is 9.59 Å². The van der Waals surface area contributed by atoms with Gasteiger partial charge in [0.25, 0.3) is 0 Å². The Labute approximate surface area is 170 Å². The summed E-state index contributed by atoms with van der Waals surface area (Å²) < 4.78 is 0. The number of hydrogen-bond donors (Lipinski definition) is 2. The highest BCUT2D eigenvalue weighted by atomic mass is 16.4. The highest BCUT2D eigenvalue weighted by Gasteiger charge is 2.00. The van der Waals surface area contributed by atoms with E-state index in [2.05, 4.69) is 38.1 Å². The molecule has 5 heteroatoms. The van der Waals surface area contributed by atoms with Crippen LogP contribution in [0.1, 0.15) is 47.8 Å². The average Bonchev–Trinajstić information content (AvgIpc) is 2.71. The van der Waals surface area contributed by atoms with Crippen LogP contribution in [0.2, 0.25) is 0 Å². The van der Waals surface area contributed by atoms with Gasteiger partial charge < -0.3 is 10.2 Å². The van der Waals surface area contributed by atoms with Crippen molar-refractivity contribution >= 4 is 18.2 Å². The summed E-state index contributed by atoms with van der Waals surface area (Å²) in [4.78, 5) is 30.8. The van der Waals surface area contributed by atoms with Gasteiger partial charge in [0, 0.05) is 5.56 Å². The molecule has 0 aliphatic heterocycles. The molecular weight excluding hydrogens is 368 g/mol. The van der Waals surface area contributed by atoms with E-state index in [1.807, 2.05) is 6.92 Å². The van der Waals surface area contributed by atoms with Gasteiger partial charge >= 0.3 is 11.9 Å². The van der Waals surface area contributed by atoms with E-state index in [1.165, 1.54) is 35.4 Å². The van der Waals surface area contributed by atoms with Crippen LogP contribution >= 0.6 is 0 Å². The molecule has 2 N–H and O–H groups in total. The van der Waals surface area contributed by atoms with Crippen molar-refractivity contribution in [3.8, 4) is 0 Å². The first-order chi connectivity index (χ1) is 13.7. The van der Waals surface area contributed by atoms with Crippen molar-refractivity contribution in [3.05, 3.63) is 106 Å². The Morgan fingerprint density at radius 3 is 1.14 bits per heavy atom. The van der Waals surface area contributed by atoms with Crippen LogP contribution in [-0.4, -0.2) is 28.4 Å². The Kier molecular flexibility index (Phi) is 9.54. The molecule has 5 nitrogen and oxygen atoms in total. The smallest absolute Gasteiger partial charge is 0.335 e. The lowest BCUT2D eigenvalue weighted by Gasteiger charge is -1.92. The molecule has 0 bridgehead atoms. The zero-order valence-corrected chi connectivity index (χ0v) is 16.6. The van der Waals surface area contributed by atoms with Gasteiger partial charge in [0.15, 0.2) is 0 Å². The molecule has 0 atom stereocenters. The lowest BCUT2D eigenvalue weighted by atomic mass is 10.1. The van der Waals surface area contributed by atoms with E-state index < -0.39 is 11.9 Å². The first-order valence-corrected chi connectivity index (χ1v) is 8.84. The molecule has 0 fully saturated rings. The molecule has 29 heavy (non-hydrogen) atoms. The predicted octanol–water partition coefficient (Wildman–Crippen LogP) is 5.19. The molecule has 0 saturated carbocycles. The monoisotopic (exact) mass is 392 g/mol. The molecule has 0 spiro atoms. The zero-order chi connectivity index (χ0) is 21.8. The number of aryl methyl sites for hydroxylation is 3. The molecule has 0 heterocycles. The van der Waals surface area contributed by atoms with Gasteiger partial charge in [-0.3, -0.25) is 4.79 Å². The molecular formula is C24H24O5. The molecule has 0 radical (unpaired) electrons. The lowest BCUT2D eigenvalue weighted by Crippen LogP contribution is -1.95. The Morgan fingerprint density at radius 2 is 0.862 bits per heavy atom. The number of carboxylic acid groups (broad SMARTS) is 2. The Hall–Kier alpha value is -3.73. The van der Waals surface area contributed by atoms with E-state index in [9.17, 15) is 14.4 Å². The minimum absolute atomic E-state index is 0.190. The molecule has 0 saturated heterocycles. The van der Waals surface area contributed by atoms with Crippen LogP contribution in [0.3, 0.4) is 0 Å². The highest BCUT2D eigenvalue weighted by molar-refractivity contribution is 5.88. The van der Waals surface area contributed by atoms with Crippen LogP contribution < -0.4 is 0 Å². The summed E-state index contributed by atoms with van der Waals surface area (Å²) in [6, 6.07) is 21.0. The fraction of sp³-hybridized carbons (Fsp3) is 0.125. The van der Waals surface area contributed by atoms with Crippen molar-refractivity contribution in [1.82, 2.24) is 0 Å². The van der Waals surface area contributed by atoms with Crippen LogP contribution in [0.4, 0.5) is 0 Å². The maximum Gasteiger partial charge on any atom is 0.335 e. The van der Waals surface area contributed by atoms with Crippen LogP contribution in [0.5, 0.6) is 0 Å². The van der Waals surface area contributed by atoms with Crippen molar-refractivity contribution in [2.24, 2.45) is 0 Å². The molecule has 150 valence electrons. The third-order valence-corrected chi connectivity index (χ3v) is 3.81. The Balaban J connectivity index is 0.000000220. The van der Waals surface area contributed by atoms with Crippen molar-refractivity contribution < 1.29 is 24.6 Å². The molecule has 3 aromatic carbocycles. The van der Waals surface area contributed by atoms with Gasteiger partial charge in [0.05, 0.1) is 11.1 Å². The van der Waals surface area contributed by atoms with E-state index in [0.717, 1.165) is 5.56 Å². The molecule has 0 amide bonds. The molecule has 0 aromatic heterocycles. The van der Waals surface area contributed by atoms with Gasteiger partial charge in [-0.2, -0.15) is 0 Å². The predicted molar refractivity (Wildman–Crippen MR) is 113 cm³/mol. The fourth-order valence-corrected chi connectivity index (χ4v) is 2.04. The van der Waals surface area contributed by atoms with Crippen molar-refractivity contribution in [1.29, 1.82) is 0 Å². The van der Waals surface area contributed by atoms with Crippen molar-refractivity contribution in [3.63, 3.8) is 0 Å². The fourth-order valence-electron chi connectivity index (χ4n) is 2.04. The summed E-state index contributed by atoms with van der Waals surface area (Å²) in [6.45, 7) is 6.12. The van der Waals surface area contributed by atoms with Crippen LogP contribution in [0, 0.1) is 20.8 Å². The lowest BCUT2D eigenvalue weighted by molar-refractivity contribution is 0.0686. The van der Waals surface area contributed by atoms with Gasteiger partial charge in [-0.15, -0.1) is 0 Å². The summed E-state index contributed by atoms with van der Waals surface area (Å²) in [7, 11) is 0. The summed E-state index contributed by atoms with van der Waals surface area (Å²) >= 11 is 0. The topological polar surface area (TPSA) is 91.7 Å². The minimum atomic E-state index is -0.984. The van der Waals surface area contributed by atoms with Gasteiger partial charge in [-0.05, 0) is 45.0 Å². The quantitative estimate of drug-likeness (QED) is 0.598. The molecule has 3 rings (SSSR count). The number of aldehydes is 1. The Morgan fingerprint density at radius 1 is 0.586 bits per heavy atom. The first-order valence-electron chi connectivity index (χ1n) is 8.84. The SMILES string of the molecule is Cc1ccc(C(=O)O)cc1.Cc1ccc(C)cc1.O=Cc1ccc(C(=O)O)cc1. The van der Waals surface area contributed by atoms with Crippen molar-refractivity contribution in [2.75, 3.05) is 0 Å². The standard InChI is InChI=1S/C8H6O3.C8H8O2.C8H10/c9-5-6-1-3-7(4-2-6)8(10)11;1-6-2-4-7(5-3-6)8(9)10;1-7-3-5-8(2)6-4-7/h1-5H,(H,10,11);2-5H,1H3,(H,9,10);3-6H,1-2H3. The van der Waals surface area contributed by atoms with Gasteiger partial charge in [0.1, 0.15) is 6.29 Å². The van der Waals surface area contributed by atoms with E-state index in [-0.39, 0.29) is 5.56 Å². The van der Waals surface area contributed by atoms with Gasteiger partial charge in [-0.1, -0.05) is 65.2 Å². The average molecular weight is 392 g/mol. The minimum Gasteiger partial charge on any atom is -0.478 e. The number of carboxylic acids is 2. The largest absolute Gasteiger partial charge is 0.478 e. The van der Waals surface area contributed by atoms with Gasteiger partial charge in [0.2, 0.25) is 0 Å². The number of benzene rings is 3. The normalized spacial score (nSPS) is 9.21. The van der Waals surface area contributed by atoms with E-state index in [0.29, 0.717) is 17.4 Å².